The molecule has 0 spiro atoms. The third-order valence-corrected chi connectivity index (χ3v) is 3.54. The fourth-order valence-corrected chi connectivity index (χ4v) is 2.49. The number of aromatic amines is 1. The maximum Gasteiger partial charge on any atom is 0.326 e. The number of nitrogens with one attached hydrogen (secondary N) is 2. The molecule has 1 amide bonds. The number of carboxylic acid groups (broad SMARTS) is 1. The minimum atomic E-state index is -1.09. The summed E-state index contributed by atoms with van der Waals surface area (Å²) in [5, 5.41) is 11.7. The highest BCUT2D eigenvalue weighted by atomic mass is 79.9. The van der Waals surface area contributed by atoms with Gasteiger partial charge in [0.25, 0.3) is 5.91 Å². The summed E-state index contributed by atoms with van der Waals surface area (Å²) in [4.78, 5) is 25.9. The molecule has 7 heteroatoms. The van der Waals surface area contributed by atoms with Crippen LogP contribution in [0.15, 0.2) is 22.7 Å². The van der Waals surface area contributed by atoms with Crippen molar-refractivity contribution in [1.29, 1.82) is 0 Å². The van der Waals surface area contributed by atoms with Crippen LogP contribution in [0.25, 0.3) is 10.9 Å². The van der Waals surface area contributed by atoms with Crippen molar-refractivity contribution in [1.82, 2.24) is 10.3 Å². The number of aliphatic carboxylic acids is 1. The van der Waals surface area contributed by atoms with Gasteiger partial charge in [0.05, 0.1) is 5.52 Å². The molecule has 1 heterocycles. The third-order valence-electron chi connectivity index (χ3n) is 3.08. The van der Waals surface area contributed by atoms with Crippen LogP contribution >= 0.6 is 15.9 Å². The van der Waals surface area contributed by atoms with Crippen molar-refractivity contribution in [2.24, 2.45) is 0 Å². The highest BCUT2D eigenvalue weighted by molar-refractivity contribution is 9.10. The van der Waals surface area contributed by atoms with Gasteiger partial charge in [0.2, 0.25) is 0 Å². The van der Waals surface area contributed by atoms with Crippen molar-refractivity contribution in [3.8, 4) is 0 Å². The van der Waals surface area contributed by atoms with Gasteiger partial charge in [-0.25, -0.2) is 9.18 Å². The number of hydrogen-bond donors (Lipinski definition) is 3. The Bertz CT molecular complexity index is 699. The molecule has 1 atom stereocenters. The fourth-order valence-electron chi connectivity index (χ4n) is 2.06. The number of aromatic nitrogens is 1. The normalized spacial score (nSPS) is 12.3. The average Bonchev–Trinajstić information content (AvgIpc) is 2.82. The van der Waals surface area contributed by atoms with E-state index in [1.807, 2.05) is 6.92 Å². The summed E-state index contributed by atoms with van der Waals surface area (Å²) in [5.74, 6) is -2.11. The smallest absolute Gasteiger partial charge is 0.326 e. The summed E-state index contributed by atoms with van der Waals surface area (Å²) < 4.78 is 14.3. The number of H-pyrrole nitrogens is 1. The monoisotopic (exact) mass is 356 g/mol. The largest absolute Gasteiger partial charge is 0.480 e. The molecule has 0 saturated carbocycles. The van der Waals surface area contributed by atoms with Gasteiger partial charge in [0, 0.05) is 9.86 Å². The van der Waals surface area contributed by atoms with Gasteiger partial charge in [0.1, 0.15) is 17.6 Å². The number of carbonyl (C=O) groups is 2. The van der Waals surface area contributed by atoms with Crippen LogP contribution in [0.5, 0.6) is 0 Å². The highest BCUT2D eigenvalue weighted by Gasteiger charge is 2.21. The number of fused-ring (bicyclic) bond motifs is 1. The first-order valence-corrected chi connectivity index (χ1v) is 7.23. The molecule has 1 aromatic heterocycles. The van der Waals surface area contributed by atoms with Gasteiger partial charge in [-0.2, -0.15) is 0 Å². The van der Waals surface area contributed by atoms with E-state index < -0.39 is 23.7 Å². The summed E-state index contributed by atoms with van der Waals surface area (Å²) >= 11 is 3.17. The van der Waals surface area contributed by atoms with Crippen LogP contribution in [-0.2, 0) is 4.79 Å². The van der Waals surface area contributed by atoms with Gasteiger partial charge >= 0.3 is 5.97 Å². The van der Waals surface area contributed by atoms with Gasteiger partial charge in [-0.05, 0) is 24.6 Å². The third kappa shape index (κ3) is 3.41. The molecule has 2 aromatic rings. The van der Waals surface area contributed by atoms with Crippen LogP contribution in [-0.4, -0.2) is 28.0 Å². The zero-order valence-electron chi connectivity index (χ0n) is 11.2. The van der Waals surface area contributed by atoms with E-state index in [0.717, 1.165) is 0 Å². The maximum atomic E-state index is 13.8. The summed E-state index contributed by atoms with van der Waals surface area (Å²) in [6.45, 7) is 1.83. The minimum absolute atomic E-state index is 0.129. The lowest BCUT2D eigenvalue weighted by Gasteiger charge is -2.12. The summed E-state index contributed by atoms with van der Waals surface area (Å²) in [6.07, 6.45) is 0.965. The molecule has 112 valence electrons. The van der Waals surface area contributed by atoms with E-state index >= 15 is 0 Å². The molecule has 0 aliphatic carbocycles. The molecule has 0 bridgehead atoms. The lowest BCUT2D eigenvalue weighted by atomic mass is 10.1. The van der Waals surface area contributed by atoms with E-state index in [1.165, 1.54) is 12.1 Å². The lowest BCUT2D eigenvalue weighted by molar-refractivity contribution is -0.139. The summed E-state index contributed by atoms with van der Waals surface area (Å²) in [6, 6.07) is 3.37. The molecule has 1 aromatic carbocycles. The zero-order chi connectivity index (χ0) is 15.6. The molecule has 5 nitrogen and oxygen atoms in total. The first-order chi connectivity index (χ1) is 9.92. The predicted octanol–water partition coefficient (Wildman–Crippen LogP) is 3.05. The van der Waals surface area contributed by atoms with Gasteiger partial charge < -0.3 is 15.4 Å². The molecule has 3 N–H and O–H groups in total. The molecule has 0 saturated heterocycles. The van der Waals surface area contributed by atoms with Crippen LogP contribution in [0.4, 0.5) is 4.39 Å². The van der Waals surface area contributed by atoms with Crippen LogP contribution in [0.3, 0.4) is 0 Å². The standard InChI is InChI=1S/C14H14BrFN2O3/c1-2-3-10(14(20)21)18-13(19)12-6-8-9(16)4-7(15)5-11(8)17-12/h4-6,10,17H,2-3H2,1H3,(H,18,19)(H,20,21). The second kappa shape index (κ2) is 6.26. The quantitative estimate of drug-likeness (QED) is 0.769. The molecule has 0 aliphatic heterocycles. The van der Waals surface area contributed by atoms with Crippen LogP contribution in [0.1, 0.15) is 30.3 Å². The first-order valence-electron chi connectivity index (χ1n) is 6.43. The van der Waals surface area contributed by atoms with E-state index in [0.29, 0.717) is 22.8 Å². The van der Waals surface area contributed by atoms with Crippen LogP contribution in [0.2, 0.25) is 0 Å². The second-order valence-electron chi connectivity index (χ2n) is 4.68. The molecular formula is C14H14BrFN2O3. The van der Waals surface area contributed by atoms with Crippen molar-refractivity contribution in [2.75, 3.05) is 0 Å². The Hall–Kier alpha value is -1.89. The predicted molar refractivity (Wildman–Crippen MR) is 79.8 cm³/mol. The van der Waals surface area contributed by atoms with E-state index in [1.54, 1.807) is 6.07 Å². The van der Waals surface area contributed by atoms with E-state index in [2.05, 4.69) is 26.2 Å². The molecule has 2 rings (SSSR count). The Labute approximate surface area is 128 Å². The Kier molecular flexibility index (Phi) is 4.62. The minimum Gasteiger partial charge on any atom is -0.480 e. The van der Waals surface area contributed by atoms with E-state index in [4.69, 9.17) is 5.11 Å². The van der Waals surface area contributed by atoms with Gasteiger partial charge in [-0.3, -0.25) is 4.79 Å². The van der Waals surface area contributed by atoms with Crippen LogP contribution in [0, 0.1) is 5.82 Å². The van der Waals surface area contributed by atoms with Gasteiger partial charge in [-0.1, -0.05) is 29.3 Å². The van der Waals surface area contributed by atoms with Crippen molar-refractivity contribution < 1.29 is 19.1 Å². The number of rotatable bonds is 5. The van der Waals surface area contributed by atoms with E-state index in [-0.39, 0.29) is 11.1 Å². The summed E-state index contributed by atoms with van der Waals surface area (Å²) in [7, 11) is 0. The number of carbonyl (C=O) groups excluding carboxylic acids is 1. The number of carboxylic acids is 1. The Morgan fingerprint density at radius 2 is 2.14 bits per heavy atom. The summed E-state index contributed by atoms with van der Waals surface area (Å²) in [5.41, 5.74) is 0.596. The molecule has 0 radical (unpaired) electrons. The Balaban J connectivity index is 2.27. The van der Waals surface area contributed by atoms with Crippen molar-refractivity contribution >= 4 is 38.7 Å². The molecule has 1 unspecified atom stereocenters. The molecule has 0 aliphatic rings. The average molecular weight is 357 g/mol. The number of hydrogen-bond acceptors (Lipinski definition) is 2. The first kappa shape index (κ1) is 15.5. The number of amides is 1. The maximum absolute atomic E-state index is 13.8. The van der Waals surface area contributed by atoms with Gasteiger partial charge in [-0.15, -0.1) is 0 Å². The van der Waals surface area contributed by atoms with Crippen molar-refractivity contribution in [2.45, 2.75) is 25.8 Å². The molecular weight excluding hydrogens is 343 g/mol. The Morgan fingerprint density at radius 1 is 1.43 bits per heavy atom. The molecule has 0 fully saturated rings. The fraction of sp³-hybridized carbons (Fsp3) is 0.286. The van der Waals surface area contributed by atoms with Crippen molar-refractivity contribution in [3.63, 3.8) is 0 Å². The SMILES string of the molecule is CCCC(NC(=O)c1cc2c(F)cc(Br)cc2[nH]1)C(=O)O. The highest BCUT2D eigenvalue weighted by Crippen LogP contribution is 2.24. The van der Waals surface area contributed by atoms with Crippen molar-refractivity contribution in [3.05, 3.63) is 34.2 Å². The number of halogens is 2. The van der Waals surface area contributed by atoms with Gasteiger partial charge in [0.15, 0.2) is 0 Å². The van der Waals surface area contributed by atoms with Crippen LogP contribution < -0.4 is 5.32 Å². The topological polar surface area (TPSA) is 82.2 Å². The lowest BCUT2D eigenvalue weighted by Crippen LogP contribution is -2.40. The second-order valence-corrected chi connectivity index (χ2v) is 5.60. The Morgan fingerprint density at radius 3 is 2.76 bits per heavy atom. The van der Waals surface area contributed by atoms with E-state index in [9.17, 15) is 14.0 Å². The zero-order valence-corrected chi connectivity index (χ0v) is 12.8. The number of benzene rings is 1. The molecule has 21 heavy (non-hydrogen) atoms.